The molecule has 0 spiro atoms. The van der Waals surface area contributed by atoms with Gasteiger partial charge in [0.25, 0.3) is 0 Å². The van der Waals surface area contributed by atoms with Gasteiger partial charge in [0.1, 0.15) is 0 Å². The SMILES string of the molecule is CC1CCc2ccccc2C(c2ccc(CC3CN(CCCF)C3)cc2)=C1c1cccc(C(F)(F)F)c1. The topological polar surface area (TPSA) is 3.24 Å². The molecule has 1 aliphatic carbocycles. The fourth-order valence-electron chi connectivity index (χ4n) is 5.91. The number of aryl methyl sites for hydroxylation is 1. The Labute approximate surface area is 216 Å². The van der Waals surface area contributed by atoms with Crippen LogP contribution in [0.3, 0.4) is 0 Å². The van der Waals surface area contributed by atoms with E-state index < -0.39 is 11.7 Å². The van der Waals surface area contributed by atoms with Crippen LogP contribution in [0.1, 0.15) is 53.1 Å². The van der Waals surface area contributed by atoms with E-state index in [1.54, 1.807) is 0 Å². The summed E-state index contributed by atoms with van der Waals surface area (Å²) in [7, 11) is 0. The Kier molecular flexibility index (Phi) is 7.52. The molecule has 1 fully saturated rings. The molecule has 1 aliphatic heterocycles. The zero-order valence-corrected chi connectivity index (χ0v) is 21.2. The number of hydrogen-bond acceptors (Lipinski definition) is 1. The highest BCUT2D eigenvalue weighted by atomic mass is 19.4. The molecule has 1 unspecified atom stereocenters. The molecule has 194 valence electrons. The van der Waals surface area contributed by atoms with Gasteiger partial charge in [-0.3, -0.25) is 4.39 Å². The Morgan fingerprint density at radius 3 is 2.38 bits per heavy atom. The molecule has 37 heavy (non-hydrogen) atoms. The summed E-state index contributed by atoms with van der Waals surface area (Å²) in [5.74, 6) is 0.694. The molecule has 2 aliphatic rings. The molecule has 3 aromatic carbocycles. The second kappa shape index (κ2) is 10.8. The molecule has 0 N–H and O–H groups in total. The summed E-state index contributed by atoms with van der Waals surface area (Å²) >= 11 is 0. The Morgan fingerprint density at radius 2 is 1.65 bits per heavy atom. The largest absolute Gasteiger partial charge is 0.416 e. The summed E-state index contributed by atoms with van der Waals surface area (Å²) in [6.07, 6.45) is -1.02. The Bertz CT molecular complexity index is 1250. The van der Waals surface area contributed by atoms with Crippen LogP contribution in [0.2, 0.25) is 0 Å². The highest BCUT2D eigenvalue weighted by molar-refractivity contribution is 6.00. The van der Waals surface area contributed by atoms with Crippen molar-refractivity contribution < 1.29 is 17.6 Å². The van der Waals surface area contributed by atoms with Gasteiger partial charge >= 0.3 is 6.18 Å². The zero-order valence-electron chi connectivity index (χ0n) is 21.2. The summed E-state index contributed by atoms with van der Waals surface area (Å²) < 4.78 is 53.2. The van der Waals surface area contributed by atoms with E-state index in [0.717, 1.165) is 67.2 Å². The van der Waals surface area contributed by atoms with Crippen molar-refractivity contribution in [1.29, 1.82) is 0 Å². The van der Waals surface area contributed by atoms with E-state index in [4.69, 9.17) is 0 Å². The molecular formula is C32H33F4N. The number of likely N-dealkylation sites (tertiary alicyclic amines) is 1. The van der Waals surface area contributed by atoms with Crippen molar-refractivity contribution in [2.24, 2.45) is 11.8 Å². The summed E-state index contributed by atoms with van der Waals surface area (Å²) in [6, 6.07) is 22.7. The predicted octanol–water partition coefficient (Wildman–Crippen LogP) is 8.08. The van der Waals surface area contributed by atoms with Gasteiger partial charge in [0.2, 0.25) is 0 Å². The predicted molar refractivity (Wildman–Crippen MR) is 142 cm³/mol. The van der Waals surface area contributed by atoms with Crippen LogP contribution >= 0.6 is 0 Å². The lowest BCUT2D eigenvalue weighted by Gasteiger charge is -2.39. The maximum atomic E-state index is 13.6. The second-order valence-electron chi connectivity index (χ2n) is 10.5. The number of fused-ring (bicyclic) bond motifs is 1. The molecule has 0 amide bonds. The minimum Gasteiger partial charge on any atom is -0.303 e. The van der Waals surface area contributed by atoms with Gasteiger partial charge < -0.3 is 4.90 Å². The van der Waals surface area contributed by atoms with Crippen LogP contribution in [0.25, 0.3) is 11.1 Å². The molecular weight excluding hydrogens is 474 g/mol. The smallest absolute Gasteiger partial charge is 0.303 e. The van der Waals surface area contributed by atoms with Gasteiger partial charge in [0, 0.05) is 19.6 Å². The van der Waals surface area contributed by atoms with Crippen molar-refractivity contribution in [1.82, 2.24) is 4.90 Å². The number of hydrogen-bond donors (Lipinski definition) is 0. The third kappa shape index (κ3) is 5.67. The van der Waals surface area contributed by atoms with Crippen molar-refractivity contribution in [3.63, 3.8) is 0 Å². The van der Waals surface area contributed by atoms with E-state index in [-0.39, 0.29) is 12.6 Å². The van der Waals surface area contributed by atoms with Crippen molar-refractivity contribution in [3.8, 4) is 0 Å². The molecule has 1 heterocycles. The van der Waals surface area contributed by atoms with Gasteiger partial charge in [-0.15, -0.1) is 0 Å². The zero-order chi connectivity index (χ0) is 26.0. The molecule has 1 nitrogen and oxygen atoms in total. The molecule has 0 aromatic heterocycles. The lowest BCUT2D eigenvalue weighted by molar-refractivity contribution is -0.137. The number of benzene rings is 3. The highest BCUT2D eigenvalue weighted by Gasteiger charge is 2.32. The van der Waals surface area contributed by atoms with E-state index in [0.29, 0.717) is 17.9 Å². The minimum absolute atomic E-state index is 0.107. The second-order valence-corrected chi connectivity index (χ2v) is 10.5. The number of allylic oxidation sites excluding steroid dienone is 1. The quantitative estimate of drug-likeness (QED) is 0.292. The normalized spacial score (nSPS) is 18.9. The molecule has 0 saturated carbocycles. The number of rotatable bonds is 7. The molecule has 0 radical (unpaired) electrons. The van der Waals surface area contributed by atoms with E-state index in [1.165, 1.54) is 23.3 Å². The first-order valence-electron chi connectivity index (χ1n) is 13.2. The molecule has 5 heteroatoms. The number of nitrogens with zero attached hydrogens (tertiary/aromatic N) is 1. The molecule has 3 aromatic rings. The van der Waals surface area contributed by atoms with Crippen LogP contribution in [-0.2, 0) is 19.0 Å². The van der Waals surface area contributed by atoms with Crippen LogP contribution in [0.15, 0.2) is 72.8 Å². The molecule has 5 rings (SSSR count). The fraction of sp³-hybridized carbons (Fsp3) is 0.375. The van der Waals surface area contributed by atoms with Crippen LogP contribution in [0, 0.1) is 11.8 Å². The first-order valence-corrected chi connectivity index (χ1v) is 13.2. The van der Waals surface area contributed by atoms with Gasteiger partial charge in [0.15, 0.2) is 0 Å². The third-order valence-corrected chi connectivity index (χ3v) is 7.80. The maximum Gasteiger partial charge on any atom is 0.416 e. The fourth-order valence-corrected chi connectivity index (χ4v) is 5.91. The van der Waals surface area contributed by atoms with Gasteiger partial charge in [0.05, 0.1) is 12.2 Å². The first-order chi connectivity index (χ1) is 17.8. The summed E-state index contributed by atoms with van der Waals surface area (Å²) in [5, 5.41) is 0. The monoisotopic (exact) mass is 507 g/mol. The van der Waals surface area contributed by atoms with E-state index in [2.05, 4.69) is 48.2 Å². The Morgan fingerprint density at radius 1 is 0.892 bits per heavy atom. The van der Waals surface area contributed by atoms with Crippen molar-refractivity contribution >= 4 is 11.1 Å². The average Bonchev–Trinajstić information content (AvgIpc) is 3.02. The van der Waals surface area contributed by atoms with Crippen molar-refractivity contribution in [2.45, 2.75) is 38.8 Å². The third-order valence-electron chi connectivity index (χ3n) is 7.80. The molecule has 1 saturated heterocycles. The summed E-state index contributed by atoms with van der Waals surface area (Å²) in [5.41, 5.74) is 6.68. The first kappa shape index (κ1) is 25.7. The van der Waals surface area contributed by atoms with Gasteiger partial charge in [-0.05, 0) is 88.6 Å². The van der Waals surface area contributed by atoms with Gasteiger partial charge in [-0.1, -0.05) is 67.6 Å². The molecule has 0 bridgehead atoms. The summed E-state index contributed by atoms with van der Waals surface area (Å²) in [4.78, 5) is 2.30. The van der Waals surface area contributed by atoms with Crippen molar-refractivity contribution in [2.75, 3.05) is 26.3 Å². The lowest BCUT2D eigenvalue weighted by atomic mass is 9.83. The van der Waals surface area contributed by atoms with Crippen LogP contribution in [0.4, 0.5) is 17.6 Å². The molecule has 1 atom stereocenters. The van der Waals surface area contributed by atoms with Crippen LogP contribution in [-0.4, -0.2) is 31.2 Å². The summed E-state index contributed by atoms with van der Waals surface area (Å²) in [6.45, 7) is 4.72. The maximum absolute atomic E-state index is 13.6. The minimum atomic E-state index is -4.38. The van der Waals surface area contributed by atoms with E-state index in [9.17, 15) is 17.6 Å². The van der Waals surface area contributed by atoms with E-state index >= 15 is 0 Å². The van der Waals surface area contributed by atoms with Crippen LogP contribution in [0.5, 0.6) is 0 Å². The van der Waals surface area contributed by atoms with Crippen molar-refractivity contribution in [3.05, 3.63) is 106 Å². The standard InChI is InChI=1S/C32H33F4N/c1-22-10-13-25-6-2-3-9-29(25)31(30(22)27-7-4-8-28(19-27)32(34,35)36)26-14-11-23(12-15-26)18-24-20-37(21-24)17-5-16-33/h2-4,6-9,11-12,14-15,19,22,24H,5,10,13,16-18,20-21H2,1H3. The highest BCUT2D eigenvalue weighted by Crippen LogP contribution is 2.43. The number of alkyl halides is 4. The van der Waals surface area contributed by atoms with Gasteiger partial charge in [-0.2, -0.15) is 13.2 Å². The van der Waals surface area contributed by atoms with Crippen LogP contribution < -0.4 is 0 Å². The van der Waals surface area contributed by atoms with Gasteiger partial charge in [-0.25, -0.2) is 0 Å². The lowest BCUT2D eigenvalue weighted by Crippen LogP contribution is -2.47. The Hall–Kier alpha value is -2.92. The van der Waals surface area contributed by atoms with E-state index in [1.807, 2.05) is 18.2 Å². The Balaban J connectivity index is 1.51. The number of halogens is 4. The average molecular weight is 508 g/mol.